The highest BCUT2D eigenvalue weighted by atomic mass is 32.2. The number of carbonyl (C=O) groups excluding carboxylic acids is 2. The van der Waals surface area contributed by atoms with Crippen LogP contribution in [0.15, 0.2) is 23.1 Å². The van der Waals surface area contributed by atoms with E-state index in [9.17, 15) is 28.1 Å². The fourth-order valence-corrected chi connectivity index (χ4v) is 2.22. The van der Waals surface area contributed by atoms with Gasteiger partial charge < -0.3 is 10.5 Å². The number of amides is 1. The molecule has 1 amide bonds. The van der Waals surface area contributed by atoms with E-state index in [2.05, 4.69) is 4.74 Å². The molecule has 0 fully saturated rings. The molecule has 10 heteroatoms. The molecular weight excluding hydrogens is 304 g/mol. The largest absolute Gasteiger partial charge is 0.449 e. The maximum atomic E-state index is 11.7. The van der Waals surface area contributed by atoms with Crippen molar-refractivity contribution in [1.29, 1.82) is 0 Å². The van der Waals surface area contributed by atoms with Crippen molar-refractivity contribution in [2.75, 3.05) is 6.26 Å². The quantitative estimate of drug-likeness (QED) is 0.457. The summed E-state index contributed by atoms with van der Waals surface area (Å²) in [7, 11) is -3.83. The van der Waals surface area contributed by atoms with Crippen LogP contribution in [-0.4, -0.2) is 37.6 Å². The van der Waals surface area contributed by atoms with Gasteiger partial charge in [0, 0.05) is 12.3 Å². The standard InChI is InChI=1S/C11H12N2O7S/c1-6(10(12)14)20-11(15)7-3-4-9(21(2,18)19)8(5-7)13(16)17/h3-6H,1-2H3,(H2,12,14)/t6-/m0/s1. The average Bonchev–Trinajstić information content (AvgIpc) is 2.36. The molecule has 1 atom stereocenters. The van der Waals surface area contributed by atoms with E-state index in [0.29, 0.717) is 0 Å². The first-order valence-corrected chi connectivity index (χ1v) is 7.42. The Hall–Kier alpha value is -2.49. The summed E-state index contributed by atoms with van der Waals surface area (Å²) >= 11 is 0. The number of hydrogen-bond donors (Lipinski definition) is 1. The minimum atomic E-state index is -3.83. The second-order valence-corrected chi connectivity index (χ2v) is 6.15. The van der Waals surface area contributed by atoms with Gasteiger partial charge in [-0.15, -0.1) is 0 Å². The molecule has 0 aromatic heterocycles. The Morgan fingerprint density at radius 3 is 2.38 bits per heavy atom. The van der Waals surface area contributed by atoms with Crippen molar-refractivity contribution in [3.8, 4) is 0 Å². The van der Waals surface area contributed by atoms with Crippen molar-refractivity contribution in [2.45, 2.75) is 17.9 Å². The van der Waals surface area contributed by atoms with E-state index in [-0.39, 0.29) is 5.56 Å². The van der Waals surface area contributed by atoms with E-state index >= 15 is 0 Å². The highest BCUT2D eigenvalue weighted by molar-refractivity contribution is 7.90. The molecule has 1 rings (SSSR count). The molecule has 0 saturated carbocycles. The second kappa shape index (κ2) is 5.87. The molecule has 21 heavy (non-hydrogen) atoms. The van der Waals surface area contributed by atoms with Gasteiger partial charge in [-0.25, -0.2) is 13.2 Å². The van der Waals surface area contributed by atoms with Crippen LogP contribution in [0.4, 0.5) is 5.69 Å². The average molecular weight is 316 g/mol. The molecule has 0 aliphatic carbocycles. The van der Waals surface area contributed by atoms with Crippen molar-refractivity contribution in [2.24, 2.45) is 5.73 Å². The smallest absolute Gasteiger partial charge is 0.339 e. The first-order chi connectivity index (χ1) is 9.54. The van der Waals surface area contributed by atoms with Gasteiger partial charge in [-0.2, -0.15) is 0 Å². The van der Waals surface area contributed by atoms with Crippen molar-refractivity contribution in [3.05, 3.63) is 33.9 Å². The van der Waals surface area contributed by atoms with Crippen LogP contribution in [0.3, 0.4) is 0 Å². The number of hydrogen-bond acceptors (Lipinski definition) is 7. The Kier molecular flexibility index (Phi) is 4.63. The number of nitrogens with zero attached hydrogens (tertiary/aromatic N) is 1. The number of nitro groups is 1. The SMILES string of the molecule is C[C@H](OC(=O)c1ccc(S(C)(=O)=O)c([N+](=O)[O-])c1)C(N)=O. The topological polar surface area (TPSA) is 147 Å². The van der Waals surface area contributed by atoms with Crippen molar-refractivity contribution < 1.29 is 27.7 Å². The molecule has 0 aliphatic rings. The number of carbonyl (C=O) groups is 2. The Labute approximate surface area is 119 Å². The summed E-state index contributed by atoms with van der Waals surface area (Å²) in [5, 5.41) is 10.9. The first kappa shape index (κ1) is 16.6. The van der Waals surface area contributed by atoms with Crippen LogP contribution >= 0.6 is 0 Å². The molecule has 0 bridgehead atoms. The molecule has 1 aromatic rings. The van der Waals surface area contributed by atoms with Gasteiger partial charge in [0.05, 0.1) is 10.5 Å². The summed E-state index contributed by atoms with van der Waals surface area (Å²) in [4.78, 5) is 31.9. The highest BCUT2D eigenvalue weighted by Gasteiger charge is 2.25. The minimum absolute atomic E-state index is 0.262. The molecule has 0 unspecified atom stereocenters. The third kappa shape index (κ3) is 3.99. The predicted molar refractivity (Wildman–Crippen MR) is 70.3 cm³/mol. The zero-order valence-corrected chi connectivity index (χ0v) is 11.9. The molecule has 9 nitrogen and oxygen atoms in total. The van der Waals surface area contributed by atoms with E-state index < -0.39 is 43.3 Å². The van der Waals surface area contributed by atoms with Crippen molar-refractivity contribution in [1.82, 2.24) is 0 Å². The zero-order valence-electron chi connectivity index (χ0n) is 11.1. The fraction of sp³-hybridized carbons (Fsp3) is 0.273. The van der Waals surface area contributed by atoms with E-state index in [0.717, 1.165) is 24.5 Å². The third-order valence-electron chi connectivity index (χ3n) is 2.48. The highest BCUT2D eigenvalue weighted by Crippen LogP contribution is 2.25. The molecule has 2 N–H and O–H groups in total. The lowest BCUT2D eigenvalue weighted by molar-refractivity contribution is -0.387. The monoisotopic (exact) mass is 316 g/mol. The number of benzene rings is 1. The summed E-state index contributed by atoms with van der Waals surface area (Å²) in [5.74, 6) is -1.91. The lowest BCUT2D eigenvalue weighted by Crippen LogP contribution is -2.30. The number of ether oxygens (including phenoxy) is 1. The van der Waals surface area contributed by atoms with Gasteiger partial charge in [0.2, 0.25) is 0 Å². The summed E-state index contributed by atoms with van der Waals surface area (Å²) in [6, 6.07) is 2.75. The first-order valence-electron chi connectivity index (χ1n) is 5.53. The number of primary amides is 1. The fourth-order valence-electron chi connectivity index (χ4n) is 1.39. The maximum Gasteiger partial charge on any atom is 0.339 e. The maximum absolute atomic E-state index is 11.7. The van der Waals surface area contributed by atoms with Gasteiger partial charge in [0.1, 0.15) is 4.90 Å². The molecular formula is C11H12N2O7S. The van der Waals surface area contributed by atoms with Crippen molar-refractivity contribution >= 4 is 27.4 Å². The molecule has 0 saturated heterocycles. The molecule has 0 aliphatic heterocycles. The van der Waals surface area contributed by atoms with E-state index in [1.165, 1.54) is 6.92 Å². The van der Waals surface area contributed by atoms with E-state index in [1.807, 2.05) is 0 Å². The molecule has 114 valence electrons. The van der Waals surface area contributed by atoms with Crippen LogP contribution in [0.2, 0.25) is 0 Å². The van der Waals surface area contributed by atoms with Gasteiger partial charge >= 0.3 is 5.97 Å². The van der Waals surface area contributed by atoms with Crippen LogP contribution in [0.1, 0.15) is 17.3 Å². The summed E-state index contributed by atoms with van der Waals surface area (Å²) in [6.07, 6.45) is -0.409. The van der Waals surface area contributed by atoms with Crippen LogP contribution in [-0.2, 0) is 19.4 Å². The number of nitro benzene ring substituents is 1. The van der Waals surface area contributed by atoms with E-state index in [1.54, 1.807) is 0 Å². The second-order valence-electron chi connectivity index (χ2n) is 4.16. The Bertz CT molecular complexity index is 711. The Morgan fingerprint density at radius 2 is 1.95 bits per heavy atom. The summed E-state index contributed by atoms with van der Waals surface area (Å²) < 4.78 is 27.5. The van der Waals surface area contributed by atoms with Gasteiger partial charge in [-0.05, 0) is 19.1 Å². The lowest BCUT2D eigenvalue weighted by Gasteiger charge is -2.09. The number of esters is 1. The summed E-state index contributed by atoms with van der Waals surface area (Å²) in [6.45, 7) is 1.24. The molecule has 0 heterocycles. The number of sulfone groups is 1. The Balaban J connectivity index is 3.24. The number of nitrogens with two attached hydrogens (primary N) is 1. The van der Waals surface area contributed by atoms with Crippen LogP contribution in [0.25, 0.3) is 0 Å². The van der Waals surface area contributed by atoms with Crippen LogP contribution in [0.5, 0.6) is 0 Å². The van der Waals surface area contributed by atoms with E-state index in [4.69, 9.17) is 5.73 Å². The normalized spacial score (nSPS) is 12.5. The summed E-state index contributed by atoms with van der Waals surface area (Å²) in [5.41, 5.74) is 3.90. The predicted octanol–water partition coefficient (Wildman–Crippen LogP) is 0.0289. The van der Waals surface area contributed by atoms with Crippen molar-refractivity contribution in [3.63, 3.8) is 0 Å². The van der Waals surface area contributed by atoms with Gasteiger partial charge in [-0.3, -0.25) is 14.9 Å². The molecule has 0 spiro atoms. The lowest BCUT2D eigenvalue weighted by atomic mass is 10.2. The molecule has 0 radical (unpaired) electrons. The number of rotatable bonds is 5. The van der Waals surface area contributed by atoms with Crippen LogP contribution in [0, 0.1) is 10.1 Å². The zero-order chi connectivity index (χ0) is 16.4. The van der Waals surface area contributed by atoms with Gasteiger partial charge in [-0.1, -0.05) is 0 Å². The Morgan fingerprint density at radius 1 is 1.38 bits per heavy atom. The third-order valence-corrected chi connectivity index (χ3v) is 3.62. The van der Waals surface area contributed by atoms with Crippen LogP contribution < -0.4 is 5.73 Å². The minimum Gasteiger partial charge on any atom is -0.449 e. The van der Waals surface area contributed by atoms with Gasteiger partial charge in [0.15, 0.2) is 15.9 Å². The van der Waals surface area contributed by atoms with Gasteiger partial charge in [0.25, 0.3) is 11.6 Å². The molecule has 1 aromatic carbocycles.